The predicted molar refractivity (Wildman–Crippen MR) is 89.6 cm³/mol. The SMILES string of the molecule is CCNc1ncc(CN(CC)CCCN(CC)CC)s1. The molecule has 1 aromatic rings. The smallest absolute Gasteiger partial charge is 0.182 e. The number of rotatable bonds is 11. The van der Waals surface area contributed by atoms with Crippen molar-refractivity contribution in [1.82, 2.24) is 14.8 Å². The van der Waals surface area contributed by atoms with Crippen LogP contribution in [0.3, 0.4) is 0 Å². The first-order valence-electron chi connectivity index (χ1n) is 7.86. The van der Waals surface area contributed by atoms with E-state index >= 15 is 0 Å². The molecular weight excluding hydrogens is 268 g/mol. The van der Waals surface area contributed by atoms with Gasteiger partial charge in [-0.2, -0.15) is 0 Å². The van der Waals surface area contributed by atoms with Gasteiger partial charge in [-0.15, -0.1) is 11.3 Å². The largest absolute Gasteiger partial charge is 0.362 e. The van der Waals surface area contributed by atoms with Crippen molar-refractivity contribution >= 4 is 16.5 Å². The van der Waals surface area contributed by atoms with Gasteiger partial charge in [0.2, 0.25) is 0 Å². The van der Waals surface area contributed by atoms with E-state index in [9.17, 15) is 0 Å². The molecule has 0 unspecified atom stereocenters. The van der Waals surface area contributed by atoms with Crippen molar-refractivity contribution in [1.29, 1.82) is 0 Å². The molecule has 0 radical (unpaired) electrons. The second-order valence-corrected chi connectivity index (χ2v) is 6.03. The molecule has 0 amide bonds. The number of hydrogen-bond donors (Lipinski definition) is 1. The number of thiazole rings is 1. The van der Waals surface area contributed by atoms with Crippen LogP contribution in [0.15, 0.2) is 6.20 Å². The van der Waals surface area contributed by atoms with E-state index in [1.807, 2.05) is 6.20 Å². The summed E-state index contributed by atoms with van der Waals surface area (Å²) in [6.07, 6.45) is 3.25. The molecule has 0 spiro atoms. The van der Waals surface area contributed by atoms with Gasteiger partial charge in [0, 0.05) is 24.2 Å². The molecule has 116 valence electrons. The van der Waals surface area contributed by atoms with Crippen molar-refractivity contribution in [2.24, 2.45) is 0 Å². The summed E-state index contributed by atoms with van der Waals surface area (Å²) in [5.41, 5.74) is 0. The van der Waals surface area contributed by atoms with Gasteiger partial charge in [-0.25, -0.2) is 4.98 Å². The highest BCUT2D eigenvalue weighted by molar-refractivity contribution is 7.15. The van der Waals surface area contributed by atoms with Crippen LogP contribution in [0.1, 0.15) is 39.0 Å². The van der Waals surface area contributed by atoms with Crippen LogP contribution in [-0.4, -0.2) is 54.1 Å². The Kier molecular flexibility index (Phi) is 8.82. The summed E-state index contributed by atoms with van der Waals surface area (Å²) in [5, 5.41) is 4.32. The fourth-order valence-electron chi connectivity index (χ4n) is 2.24. The Morgan fingerprint density at radius 3 is 2.30 bits per heavy atom. The van der Waals surface area contributed by atoms with Crippen molar-refractivity contribution in [3.8, 4) is 0 Å². The molecule has 0 bridgehead atoms. The van der Waals surface area contributed by atoms with E-state index in [1.165, 1.54) is 24.4 Å². The van der Waals surface area contributed by atoms with E-state index in [1.54, 1.807) is 11.3 Å². The topological polar surface area (TPSA) is 31.4 Å². The van der Waals surface area contributed by atoms with Crippen molar-refractivity contribution in [3.05, 3.63) is 11.1 Å². The maximum Gasteiger partial charge on any atom is 0.182 e. The summed E-state index contributed by atoms with van der Waals surface area (Å²) in [7, 11) is 0. The first-order valence-corrected chi connectivity index (χ1v) is 8.68. The Balaban J connectivity index is 2.34. The molecule has 1 rings (SSSR count). The fourth-order valence-corrected chi connectivity index (χ4v) is 3.16. The minimum absolute atomic E-state index is 0.939. The Bertz CT molecular complexity index is 349. The highest BCUT2D eigenvalue weighted by atomic mass is 32.1. The molecule has 0 fully saturated rings. The van der Waals surface area contributed by atoms with Crippen molar-refractivity contribution in [3.63, 3.8) is 0 Å². The number of nitrogens with zero attached hydrogens (tertiary/aromatic N) is 3. The van der Waals surface area contributed by atoms with Crippen LogP contribution >= 0.6 is 11.3 Å². The summed E-state index contributed by atoms with van der Waals surface area (Å²) >= 11 is 1.78. The highest BCUT2D eigenvalue weighted by Crippen LogP contribution is 2.19. The number of hydrogen-bond acceptors (Lipinski definition) is 5. The maximum absolute atomic E-state index is 4.40. The molecule has 0 aliphatic rings. The molecule has 0 atom stereocenters. The van der Waals surface area contributed by atoms with Gasteiger partial charge >= 0.3 is 0 Å². The quantitative estimate of drug-likeness (QED) is 0.680. The van der Waals surface area contributed by atoms with Crippen LogP contribution in [0, 0.1) is 0 Å². The second-order valence-electron chi connectivity index (χ2n) is 4.91. The maximum atomic E-state index is 4.40. The Hall–Kier alpha value is -0.650. The van der Waals surface area contributed by atoms with E-state index in [0.29, 0.717) is 0 Å². The van der Waals surface area contributed by atoms with Crippen LogP contribution in [0.5, 0.6) is 0 Å². The van der Waals surface area contributed by atoms with E-state index in [-0.39, 0.29) is 0 Å². The lowest BCUT2D eigenvalue weighted by atomic mass is 10.3. The van der Waals surface area contributed by atoms with Crippen molar-refractivity contribution in [2.45, 2.75) is 40.7 Å². The van der Waals surface area contributed by atoms with Crippen molar-refractivity contribution in [2.75, 3.05) is 44.6 Å². The van der Waals surface area contributed by atoms with Crippen molar-refractivity contribution < 1.29 is 0 Å². The Morgan fingerprint density at radius 1 is 1.05 bits per heavy atom. The minimum atomic E-state index is 0.939. The van der Waals surface area contributed by atoms with Gasteiger partial charge in [0.05, 0.1) is 0 Å². The van der Waals surface area contributed by atoms with Crippen LogP contribution in [0.25, 0.3) is 0 Å². The average molecular weight is 298 g/mol. The zero-order valence-corrected chi connectivity index (χ0v) is 14.3. The molecule has 1 aromatic heterocycles. The lowest BCUT2D eigenvalue weighted by Gasteiger charge is -2.22. The first-order chi connectivity index (χ1) is 9.73. The third kappa shape index (κ3) is 6.20. The van der Waals surface area contributed by atoms with E-state index in [2.05, 4.69) is 47.8 Å². The Labute approximate surface area is 128 Å². The third-order valence-electron chi connectivity index (χ3n) is 3.55. The van der Waals surface area contributed by atoms with Gasteiger partial charge in [0.15, 0.2) is 5.13 Å². The van der Waals surface area contributed by atoms with Gasteiger partial charge in [-0.3, -0.25) is 4.90 Å². The van der Waals surface area contributed by atoms with Crippen LogP contribution in [0.4, 0.5) is 5.13 Å². The first kappa shape index (κ1) is 17.4. The molecule has 0 aliphatic heterocycles. The molecule has 0 saturated carbocycles. The third-order valence-corrected chi connectivity index (χ3v) is 4.49. The summed E-state index contributed by atoms with van der Waals surface area (Å²) in [6.45, 7) is 16.6. The van der Waals surface area contributed by atoms with Gasteiger partial charge in [0.1, 0.15) is 0 Å². The standard InChI is InChI=1S/C15H30N4S/c1-5-16-15-17-12-14(20-15)13-19(8-4)11-9-10-18(6-2)7-3/h12H,5-11,13H2,1-4H3,(H,16,17). The molecular formula is C15H30N4S. The molecule has 0 saturated heterocycles. The molecule has 1 heterocycles. The van der Waals surface area contributed by atoms with Gasteiger partial charge in [-0.05, 0) is 46.1 Å². The van der Waals surface area contributed by atoms with Gasteiger partial charge in [-0.1, -0.05) is 20.8 Å². The Morgan fingerprint density at radius 2 is 1.70 bits per heavy atom. The van der Waals surface area contributed by atoms with Crippen LogP contribution in [0.2, 0.25) is 0 Å². The normalized spacial score (nSPS) is 11.5. The predicted octanol–water partition coefficient (Wildman–Crippen LogP) is 3.13. The average Bonchev–Trinajstić information content (AvgIpc) is 2.90. The monoisotopic (exact) mass is 298 g/mol. The van der Waals surface area contributed by atoms with E-state index in [0.717, 1.165) is 37.9 Å². The molecule has 0 aromatic carbocycles. The summed E-state index contributed by atoms with van der Waals surface area (Å²) in [6, 6.07) is 0. The fraction of sp³-hybridized carbons (Fsp3) is 0.800. The second kappa shape index (κ2) is 10.1. The summed E-state index contributed by atoms with van der Waals surface area (Å²) < 4.78 is 0. The van der Waals surface area contributed by atoms with E-state index < -0.39 is 0 Å². The molecule has 5 heteroatoms. The van der Waals surface area contributed by atoms with Gasteiger partial charge < -0.3 is 10.2 Å². The van der Waals surface area contributed by atoms with Crippen LogP contribution < -0.4 is 5.32 Å². The zero-order valence-electron chi connectivity index (χ0n) is 13.5. The molecule has 1 N–H and O–H groups in total. The summed E-state index contributed by atoms with van der Waals surface area (Å²) in [4.78, 5) is 10.7. The molecule has 4 nitrogen and oxygen atoms in total. The number of aromatic nitrogens is 1. The number of anilines is 1. The molecule has 20 heavy (non-hydrogen) atoms. The van der Waals surface area contributed by atoms with Crippen LogP contribution in [-0.2, 0) is 6.54 Å². The van der Waals surface area contributed by atoms with Gasteiger partial charge in [0.25, 0.3) is 0 Å². The lowest BCUT2D eigenvalue weighted by molar-refractivity contribution is 0.239. The van der Waals surface area contributed by atoms with E-state index in [4.69, 9.17) is 0 Å². The highest BCUT2D eigenvalue weighted by Gasteiger charge is 2.08. The molecule has 0 aliphatic carbocycles. The minimum Gasteiger partial charge on any atom is -0.362 e. The summed E-state index contributed by atoms with van der Waals surface area (Å²) in [5.74, 6) is 0. The number of nitrogens with one attached hydrogen (secondary N) is 1. The zero-order chi connectivity index (χ0) is 14.8. The lowest BCUT2D eigenvalue weighted by Crippen LogP contribution is -2.29.